The smallest absolute Gasteiger partial charge is 0.407 e. The molecule has 1 unspecified atom stereocenters. The van der Waals surface area contributed by atoms with Gasteiger partial charge in [-0.2, -0.15) is 0 Å². The number of aryl methyl sites for hydroxylation is 1. The van der Waals surface area contributed by atoms with E-state index in [1.54, 1.807) is 56.3 Å². The quantitative estimate of drug-likeness (QED) is 0.0277. The van der Waals surface area contributed by atoms with Crippen molar-refractivity contribution in [2.75, 3.05) is 34.0 Å². The van der Waals surface area contributed by atoms with Gasteiger partial charge in [0.2, 0.25) is 11.9 Å². The molecule has 0 aromatic heterocycles. The number of carbonyl (C=O) groups excluding carboxylic acids is 3. The molecular formula is C59H66N6O10S. The second-order valence-electron chi connectivity index (χ2n) is 19.8. The minimum absolute atomic E-state index is 0.00814. The summed E-state index contributed by atoms with van der Waals surface area (Å²) in [5.41, 5.74) is 16.1. The summed E-state index contributed by atoms with van der Waals surface area (Å²) in [6, 6.07) is 33.9. The first-order valence-corrected chi connectivity index (χ1v) is 26.7. The van der Waals surface area contributed by atoms with Crippen LogP contribution >= 0.6 is 0 Å². The Morgan fingerprint density at radius 3 is 2.12 bits per heavy atom. The molecule has 0 saturated carbocycles. The SMILES string of the molecule is COc1ccc(OC)c(C(NC(=O)[C@H](CCCN=C(N)NS(=O)(=O)c2c(C)c(C)c3c(c2C)OC(C)(C)C3)NC(=O)OCC2c3ccccc3-c3ccccc32)c2ccc(OCC(=O)NCc3ccc(C)cc3)cc2)c1. The number of aliphatic imine (C=N–C) groups is 1. The van der Waals surface area contributed by atoms with Crippen molar-refractivity contribution in [1.29, 1.82) is 0 Å². The van der Waals surface area contributed by atoms with E-state index >= 15 is 0 Å². The molecular weight excluding hydrogens is 985 g/mol. The van der Waals surface area contributed by atoms with Gasteiger partial charge in [0.15, 0.2) is 6.61 Å². The summed E-state index contributed by atoms with van der Waals surface area (Å²) >= 11 is 0. The predicted molar refractivity (Wildman–Crippen MR) is 292 cm³/mol. The zero-order valence-corrected chi connectivity index (χ0v) is 45.0. The highest BCUT2D eigenvalue weighted by Crippen LogP contribution is 2.46. The molecule has 3 amide bonds. The van der Waals surface area contributed by atoms with Gasteiger partial charge in [0.05, 0.1) is 25.2 Å². The first-order valence-electron chi connectivity index (χ1n) is 25.2. The van der Waals surface area contributed by atoms with Crippen LogP contribution < -0.4 is 45.4 Å². The minimum atomic E-state index is -4.20. The van der Waals surface area contributed by atoms with Gasteiger partial charge < -0.3 is 45.4 Å². The number of alkyl carbamates (subject to hydrolysis) is 1. The van der Waals surface area contributed by atoms with E-state index < -0.39 is 39.7 Å². The highest BCUT2D eigenvalue weighted by Gasteiger charge is 2.37. The van der Waals surface area contributed by atoms with Crippen LogP contribution in [0.3, 0.4) is 0 Å². The van der Waals surface area contributed by atoms with E-state index in [0.29, 0.717) is 58.2 Å². The monoisotopic (exact) mass is 1050 g/mol. The molecule has 6 N–H and O–H groups in total. The van der Waals surface area contributed by atoms with Gasteiger partial charge in [0, 0.05) is 42.1 Å². The van der Waals surface area contributed by atoms with Crippen molar-refractivity contribution in [3.8, 4) is 34.1 Å². The number of fused-ring (bicyclic) bond motifs is 4. The molecule has 1 heterocycles. The first kappa shape index (κ1) is 54.2. The van der Waals surface area contributed by atoms with Crippen LogP contribution in [0.4, 0.5) is 4.79 Å². The fourth-order valence-corrected chi connectivity index (χ4v) is 11.4. The third-order valence-electron chi connectivity index (χ3n) is 13.9. The summed E-state index contributed by atoms with van der Waals surface area (Å²) < 4.78 is 59.7. The summed E-state index contributed by atoms with van der Waals surface area (Å²) in [6.45, 7) is 11.4. The lowest BCUT2D eigenvalue weighted by Crippen LogP contribution is -2.48. The van der Waals surface area contributed by atoms with E-state index in [2.05, 4.69) is 25.7 Å². The van der Waals surface area contributed by atoms with Crippen molar-refractivity contribution in [2.45, 2.75) is 95.8 Å². The molecule has 0 fully saturated rings. The number of carbonyl (C=O) groups is 3. The maximum atomic E-state index is 14.8. The second kappa shape index (κ2) is 23.2. The number of sulfonamides is 1. The molecule has 0 spiro atoms. The van der Waals surface area contributed by atoms with Gasteiger partial charge in [0.1, 0.15) is 41.2 Å². The van der Waals surface area contributed by atoms with Crippen molar-refractivity contribution in [3.63, 3.8) is 0 Å². The maximum Gasteiger partial charge on any atom is 0.407 e. The van der Waals surface area contributed by atoms with Gasteiger partial charge in [-0.25, -0.2) is 17.9 Å². The molecule has 6 aromatic rings. The van der Waals surface area contributed by atoms with E-state index in [1.807, 2.05) is 100 Å². The Morgan fingerprint density at radius 1 is 0.803 bits per heavy atom. The molecule has 1 aliphatic carbocycles. The van der Waals surface area contributed by atoms with Crippen LogP contribution in [0.5, 0.6) is 23.0 Å². The number of guanidine groups is 1. The summed E-state index contributed by atoms with van der Waals surface area (Å²) in [5, 5.41) is 8.81. The lowest BCUT2D eigenvalue weighted by atomic mass is 9.93. The zero-order valence-electron chi connectivity index (χ0n) is 44.2. The minimum Gasteiger partial charge on any atom is -0.497 e. The predicted octanol–water partition coefficient (Wildman–Crippen LogP) is 8.53. The van der Waals surface area contributed by atoms with Crippen molar-refractivity contribution < 1.29 is 46.5 Å². The van der Waals surface area contributed by atoms with Crippen LogP contribution in [-0.2, 0) is 37.3 Å². The van der Waals surface area contributed by atoms with Crippen LogP contribution in [0.15, 0.2) is 125 Å². The van der Waals surface area contributed by atoms with Crippen molar-refractivity contribution in [1.82, 2.24) is 20.7 Å². The van der Waals surface area contributed by atoms with E-state index in [-0.39, 0.29) is 55.3 Å². The number of methoxy groups -OCH3 is 2. The normalized spacial score (nSPS) is 14.2. The number of benzene rings is 6. The van der Waals surface area contributed by atoms with Crippen LogP contribution in [0, 0.1) is 27.7 Å². The lowest BCUT2D eigenvalue weighted by molar-refractivity contribution is -0.124. The van der Waals surface area contributed by atoms with E-state index in [0.717, 1.165) is 44.5 Å². The van der Waals surface area contributed by atoms with E-state index in [1.165, 1.54) is 14.2 Å². The maximum absolute atomic E-state index is 14.8. The van der Waals surface area contributed by atoms with Crippen LogP contribution in [0.1, 0.15) is 94.3 Å². The number of amides is 3. The highest BCUT2D eigenvalue weighted by molar-refractivity contribution is 7.90. The summed E-state index contributed by atoms with van der Waals surface area (Å²) in [7, 11) is -1.16. The molecule has 2 atom stereocenters. The van der Waals surface area contributed by atoms with E-state index in [9.17, 15) is 22.8 Å². The van der Waals surface area contributed by atoms with Gasteiger partial charge in [-0.1, -0.05) is 90.5 Å². The molecule has 6 aromatic carbocycles. The molecule has 1 aliphatic heterocycles. The zero-order chi connectivity index (χ0) is 54.3. The number of hydrogen-bond acceptors (Lipinski definition) is 11. The number of nitrogens with two attached hydrogens (primary N) is 1. The Kier molecular flexibility index (Phi) is 16.6. The summed E-state index contributed by atoms with van der Waals surface area (Å²) in [4.78, 5) is 45.9. The summed E-state index contributed by atoms with van der Waals surface area (Å²) in [5.74, 6) is 0.474. The molecule has 8 rings (SSSR count). The van der Waals surface area contributed by atoms with Crippen LogP contribution in [-0.4, -0.2) is 77.9 Å². The largest absolute Gasteiger partial charge is 0.497 e. The number of hydrogen-bond donors (Lipinski definition) is 5. The summed E-state index contributed by atoms with van der Waals surface area (Å²) in [6.07, 6.45) is 0.0519. The Labute approximate surface area is 444 Å². The van der Waals surface area contributed by atoms with Crippen molar-refractivity contribution >= 4 is 33.9 Å². The van der Waals surface area contributed by atoms with Gasteiger partial charge >= 0.3 is 6.09 Å². The standard InChI is InChI=1S/C59H66N6O10S/c1-35-19-21-39(22-20-35)32-62-52(66)34-73-41-25-23-40(24-26-41)53(47-30-42(71-7)27-28-51(47)72-8)64-56(67)50(63-58(68)74-33-49-45-16-11-9-14-43(45)44-15-10-12-17-46(44)49)18-13-29-61-57(60)65-76(69,70)55-37(3)36(2)48-31-59(5,6)75-54(48)38(55)4/h9-12,14-17,19-28,30,49-50,53H,13,18,29,31-34H2,1-8H3,(H,62,66)(H,63,68)(H,64,67)(H3,60,61,65)/t50-,53?/m0/s1. The van der Waals surface area contributed by atoms with Gasteiger partial charge in [-0.3, -0.25) is 14.6 Å². The fourth-order valence-electron chi connectivity index (χ4n) is 9.95. The Balaban J connectivity index is 1.01. The second-order valence-corrected chi connectivity index (χ2v) is 21.4. The lowest BCUT2D eigenvalue weighted by Gasteiger charge is -2.26. The van der Waals surface area contributed by atoms with Crippen LogP contribution in [0.25, 0.3) is 11.1 Å². The number of ether oxygens (including phenoxy) is 5. The average molecular weight is 1050 g/mol. The molecule has 0 saturated heterocycles. The third-order valence-corrected chi connectivity index (χ3v) is 15.5. The topological polar surface area (TPSA) is 218 Å². The van der Waals surface area contributed by atoms with E-state index in [4.69, 9.17) is 29.4 Å². The molecule has 398 valence electrons. The molecule has 2 aliphatic rings. The molecule has 16 nitrogen and oxygen atoms in total. The molecule has 0 bridgehead atoms. The van der Waals surface area contributed by atoms with Crippen LogP contribution in [0.2, 0.25) is 0 Å². The van der Waals surface area contributed by atoms with Crippen molar-refractivity contribution in [2.24, 2.45) is 10.7 Å². The third kappa shape index (κ3) is 12.4. The molecule has 17 heteroatoms. The number of rotatable bonds is 20. The van der Waals surface area contributed by atoms with Gasteiger partial charge in [-0.05, 0) is 129 Å². The van der Waals surface area contributed by atoms with Crippen molar-refractivity contribution in [3.05, 3.63) is 171 Å². The average Bonchev–Trinajstić information content (AvgIpc) is 3.92. The Morgan fingerprint density at radius 2 is 1.46 bits per heavy atom. The molecule has 76 heavy (non-hydrogen) atoms. The van der Waals surface area contributed by atoms with Gasteiger partial charge in [0.25, 0.3) is 15.9 Å². The number of nitrogens with zero attached hydrogens (tertiary/aromatic N) is 1. The number of nitrogens with one attached hydrogen (secondary N) is 4. The fraction of sp³-hybridized carbons (Fsp3) is 0.322. The van der Waals surface area contributed by atoms with Gasteiger partial charge in [-0.15, -0.1) is 0 Å². The Bertz CT molecular complexity index is 3220. The molecule has 0 radical (unpaired) electrons. The first-order chi connectivity index (χ1) is 36.4. The highest BCUT2D eigenvalue weighted by atomic mass is 32.2. The Hall–Kier alpha value is -8.05.